The molecule has 0 spiro atoms. The summed E-state index contributed by atoms with van der Waals surface area (Å²) in [5.74, 6) is -0.378. The number of thiocarbonyl (C=S) groups is 1. The van der Waals surface area contributed by atoms with E-state index in [2.05, 4.69) is 5.32 Å². The first-order valence-corrected chi connectivity index (χ1v) is 6.33. The highest BCUT2D eigenvalue weighted by atomic mass is 32.1. The molecule has 0 amide bonds. The lowest BCUT2D eigenvalue weighted by atomic mass is 10.0. The second-order valence-corrected chi connectivity index (χ2v) is 5.23. The number of rotatable bonds is 2. The van der Waals surface area contributed by atoms with Crippen molar-refractivity contribution in [2.75, 3.05) is 12.0 Å². The minimum absolute atomic E-state index is 0.187. The van der Waals surface area contributed by atoms with Crippen LogP contribution in [0.2, 0.25) is 0 Å². The van der Waals surface area contributed by atoms with Crippen LogP contribution >= 0.6 is 12.2 Å². The number of methoxy groups -OCH3 is 1. The number of nitrogens with one attached hydrogen (secondary N) is 1. The van der Waals surface area contributed by atoms with Gasteiger partial charge in [-0.1, -0.05) is 12.1 Å². The van der Waals surface area contributed by atoms with E-state index in [0.29, 0.717) is 16.4 Å². The highest BCUT2D eigenvalue weighted by Gasteiger charge is 2.26. The maximum atomic E-state index is 11.8. The molecule has 0 radical (unpaired) electrons. The quantitative estimate of drug-likeness (QED) is 0.664. The zero-order valence-corrected chi connectivity index (χ0v) is 12.0. The van der Waals surface area contributed by atoms with Gasteiger partial charge >= 0.3 is 5.97 Å². The molecule has 0 saturated heterocycles. The van der Waals surface area contributed by atoms with Crippen molar-refractivity contribution in [1.82, 2.24) is 5.32 Å². The Morgan fingerprint density at radius 3 is 2.68 bits per heavy atom. The van der Waals surface area contributed by atoms with Crippen molar-refractivity contribution < 1.29 is 9.53 Å². The summed E-state index contributed by atoms with van der Waals surface area (Å²) in [4.78, 5) is 13.5. The maximum Gasteiger partial charge on any atom is 0.339 e. The van der Waals surface area contributed by atoms with Crippen LogP contribution in [-0.2, 0) is 4.74 Å². The van der Waals surface area contributed by atoms with Crippen LogP contribution in [0.4, 0.5) is 5.69 Å². The van der Waals surface area contributed by atoms with E-state index in [-0.39, 0.29) is 11.5 Å². The summed E-state index contributed by atoms with van der Waals surface area (Å²) in [5.41, 5.74) is 1.01. The largest absolute Gasteiger partial charge is 0.465 e. The first kappa shape index (κ1) is 13.5. The van der Waals surface area contributed by atoms with Gasteiger partial charge in [0.25, 0.3) is 0 Å². The first-order chi connectivity index (χ1) is 8.94. The van der Waals surface area contributed by atoms with Crippen molar-refractivity contribution in [1.29, 1.82) is 0 Å². The molecular formula is C14H16N2O2S. The van der Waals surface area contributed by atoms with Crippen LogP contribution in [0.15, 0.2) is 36.5 Å². The van der Waals surface area contributed by atoms with E-state index >= 15 is 0 Å². The molecule has 19 heavy (non-hydrogen) atoms. The number of hydrogen-bond acceptors (Lipinski definition) is 3. The minimum Gasteiger partial charge on any atom is -0.465 e. The van der Waals surface area contributed by atoms with Crippen LogP contribution in [0, 0.1) is 0 Å². The molecule has 1 aromatic carbocycles. The average Bonchev–Trinajstić information content (AvgIpc) is 2.37. The standard InChI is InChI=1S/C14H16N2O2S/c1-14(2)8-9-16(13(19)15-14)11-7-5-4-6-10(11)12(17)18-3/h4-9H,1-3H3,(H,15,19). The number of carbonyl (C=O) groups excluding carboxylic acids is 1. The fourth-order valence-electron chi connectivity index (χ4n) is 1.86. The molecule has 0 aromatic heterocycles. The Bertz CT molecular complexity index is 552. The lowest BCUT2D eigenvalue weighted by Gasteiger charge is -2.35. The van der Waals surface area contributed by atoms with Gasteiger partial charge in [-0.2, -0.15) is 0 Å². The summed E-state index contributed by atoms with van der Waals surface area (Å²) in [5, 5.41) is 3.77. The lowest BCUT2D eigenvalue weighted by molar-refractivity contribution is 0.0601. The van der Waals surface area contributed by atoms with E-state index in [1.165, 1.54) is 7.11 Å². The van der Waals surface area contributed by atoms with Gasteiger partial charge in [0.1, 0.15) is 0 Å². The molecule has 0 saturated carbocycles. The van der Waals surface area contributed by atoms with Gasteiger partial charge in [-0.15, -0.1) is 0 Å². The number of ether oxygens (including phenoxy) is 1. The molecule has 1 aliphatic rings. The van der Waals surface area contributed by atoms with Gasteiger partial charge in [0.05, 0.1) is 23.9 Å². The topological polar surface area (TPSA) is 41.6 Å². The molecule has 0 atom stereocenters. The van der Waals surface area contributed by atoms with Gasteiger partial charge < -0.3 is 10.1 Å². The van der Waals surface area contributed by atoms with Crippen molar-refractivity contribution in [3.63, 3.8) is 0 Å². The Balaban J connectivity index is 2.43. The third kappa shape index (κ3) is 2.76. The number of benzene rings is 1. The molecule has 1 N–H and O–H groups in total. The molecule has 2 rings (SSSR count). The zero-order chi connectivity index (χ0) is 14.0. The van der Waals surface area contributed by atoms with Gasteiger partial charge in [-0.05, 0) is 44.3 Å². The number of anilines is 1. The first-order valence-electron chi connectivity index (χ1n) is 5.93. The molecule has 0 fully saturated rings. The van der Waals surface area contributed by atoms with Gasteiger partial charge in [0, 0.05) is 6.20 Å². The van der Waals surface area contributed by atoms with Gasteiger partial charge in [-0.3, -0.25) is 4.90 Å². The van der Waals surface area contributed by atoms with Crippen molar-refractivity contribution in [3.05, 3.63) is 42.1 Å². The van der Waals surface area contributed by atoms with Crippen LogP contribution in [0.3, 0.4) is 0 Å². The third-order valence-electron chi connectivity index (χ3n) is 2.86. The SMILES string of the molecule is COC(=O)c1ccccc1N1C=CC(C)(C)NC1=S. The van der Waals surface area contributed by atoms with E-state index in [0.717, 1.165) is 0 Å². The van der Waals surface area contributed by atoms with Crippen molar-refractivity contribution in [2.45, 2.75) is 19.4 Å². The number of carbonyl (C=O) groups is 1. The van der Waals surface area contributed by atoms with Crippen LogP contribution in [0.5, 0.6) is 0 Å². The lowest BCUT2D eigenvalue weighted by Crippen LogP contribution is -2.51. The highest BCUT2D eigenvalue weighted by Crippen LogP contribution is 2.25. The molecule has 1 heterocycles. The Morgan fingerprint density at radius 1 is 1.37 bits per heavy atom. The summed E-state index contributed by atoms with van der Waals surface area (Å²) < 4.78 is 4.79. The number of nitrogens with zero attached hydrogens (tertiary/aromatic N) is 1. The maximum absolute atomic E-state index is 11.8. The van der Waals surface area contributed by atoms with E-state index in [9.17, 15) is 4.79 Å². The predicted molar refractivity (Wildman–Crippen MR) is 79.2 cm³/mol. The van der Waals surface area contributed by atoms with Crippen LogP contribution in [-0.4, -0.2) is 23.7 Å². The Hall–Kier alpha value is -1.88. The van der Waals surface area contributed by atoms with E-state index in [4.69, 9.17) is 17.0 Å². The van der Waals surface area contributed by atoms with Crippen LogP contribution in [0.25, 0.3) is 0 Å². The zero-order valence-electron chi connectivity index (χ0n) is 11.1. The summed E-state index contributed by atoms with van der Waals surface area (Å²) in [7, 11) is 1.37. The molecule has 0 aliphatic carbocycles. The second-order valence-electron chi connectivity index (χ2n) is 4.85. The smallest absolute Gasteiger partial charge is 0.339 e. The molecule has 0 unspecified atom stereocenters. The van der Waals surface area contributed by atoms with Crippen LogP contribution in [0.1, 0.15) is 24.2 Å². The highest BCUT2D eigenvalue weighted by molar-refractivity contribution is 7.80. The van der Waals surface area contributed by atoms with Gasteiger partial charge in [-0.25, -0.2) is 4.79 Å². The molecule has 1 aliphatic heterocycles. The molecule has 4 nitrogen and oxygen atoms in total. The Kier molecular flexibility index (Phi) is 3.57. The molecule has 100 valence electrons. The normalized spacial score (nSPS) is 17.0. The summed E-state index contributed by atoms with van der Waals surface area (Å²) in [6.45, 7) is 4.05. The molecule has 1 aromatic rings. The number of esters is 1. The van der Waals surface area contributed by atoms with E-state index in [1.807, 2.05) is 38.3 Å². The van der Waals surface area contributed by atoms with E-state index < -0.39 is 0 Å². The van der Waals surface area contributed by atoms with Gasteiger partial charge in [0.15, 0.2) is 5.11 Å². The Morgan fingerprint density at radius 2 is 2.05 bits per heavy atom. The van der Waals surface area contributed by atoms with Gasteiger partial charge in [0.2, 0.25) is 0 Å². The fraction of sp³-hybridized carbons (Fsp3) is 0.286. The third-order valence-corrected chi connectivity index (χ3v) is 3.16. The summed E-state index contributed by atoms with van der Waals surface area (Å²) in [6, 6.07) is 7.21. The second kappa shape index (κ2) is 5.01. The fourth-order valence-corrected chi connectivity index (χ4v) is 2.28. The number of para-hydroxylation sites is 1. The molecule has 5 heteroatoms. The monoisotopic (exact) mass is 276 g/mol. The predicted octanol–water partition coefficient (Wildman–Crippen LogP) is 2.46. The van der Waals surface area contributed by atoms with Crippen LogP contribution < -0.4 is 10.2 Å². The number of hydrogen-bond donors (Lipinski definition) is 1. The van der Waals surface area contributed by atoms with Crippen molar-refractivity contribution in [3.8, 4) is 0 Å². The van der Waals surface area contributed by atoms with Crippen molar-refractivity contribution in [2.24, 2.45) is 0 Å². The minimum atomic E-state index is -0.378. The summed E-state index contributed by atoms with van der Waals surface area (Å²) in [6.07, 6.45) is 3.87. The Labute approximate surface area is 118 Å². The summed E-state index contributed by atoms with van der Waals surface area (Å²) >= 11 is 5.35. The molecule has 0 bridgehead atoms. The molecular weight excluding hydrogens is 260 g/mol. The van der Waals surface area contributed by atoms with E-state index in [1.54, 1.807) is 17.0 Å². The average molecular weight is 276 g/mol. The van der Waals surface area contributed by atoms with Crippen molar-refractivity contribution >= 4 is 29.0 Å².